The van der Waals surface area contributed by atoms with Gasteiger partial charge in [0.05, 0.1) is 17.3 Å². The molecule has 0 unspecified atom stereocenters. The monoisotopic (exact) mass is 245 g/mol. The van der Waals surface area contributed by atoms with E-state index >= 15 is 0 Å². The van der Waals surface area contributed by atoms with Gasteiger partial charge in [0.25, 0.3) is 0 Å². The third-order valence-electron chi connectivity index (χ3n) is 2.93. The van der Waals surface area contributed by atoms with Gasteiger partial charge in [-0.2, -0.15) is 5.10 Å². The van der Waals surface area contributed by atoms with E-state index in [1.54, 1.807) is 0 Å². The first-order valence-electron chi connectivity index (χ1n) is 5.51. The van der Waals surface area contributed by atoms with Crippen LogP contribution in [0.4, 0.5) is 5.82 Å². The van der Waals surface area contributed by atoms with Gasteiger partial charge in [0, 0.05) is 17.3 Å². The Morgan fingerprint density at radius 3 is 2.94 bits per heavy atom. The molecule has 0 bridgehead atoms. The molecule has 3 rings (SSSR count). The maximum absolute atomic E-state index is 6.21. The number of nitrogens with one attached hydrogen (secondary N) is 1. The summed E-state index contributed by atoms with van der Waals surface area (Å²) < 4.78 is 1.95. The second-order valence-corrected chi connectivity index (χ2v) is 4.44. The van der Waals surface area contributed by atoms with E-state index in [1.165, 1.54) is 0 Å². The molecule has 0 aliphatic carbocycles. The lowest BCUT2D eigenvalue weighted by Gasteiger charge is -2.09. The minimum atomic E-state index is 0.735. The summed E-state index contributed by atoms with van der Waals surface area (Å²) in [5.41, 5.74) is 3.06. The Morgan fingerprint density at radius 1 is 1.35 bits per heavy atom. The summed E-state index contributed by atoms with van der Waals surface area (Å²) in [5.74, 6) is 1.04. The van der Waals surface area contributed by atoms with Crippen molar-refractivity contribution in [2.45, 2.75) is 13.5 Å². The first-order valence-corrected chi connectivity index (χ1v) is 5.89. The van der Waals surface area contributed by atoms with Crippen LogP contribution in [0.2, 0.25) is 5.02 Å². The number of hydrogen-bond acceptors (Lipinski definition) is 2. The number of allylic oxidation sites excluding steroid dienone is 1. The highest BCUT2D eigenvalue weighted by Crippen LogP contribution is 2.33. The van der Waals surface area contributed by atoms with Crippen LogP contribution in [0, 0.1) is 6.92 Å². The maximum atomic E-state index is 6.21. The number of halogens is 1. The fourth-order valence-corrected chi connectivity index (χ4v) is 2.29. The molecule has 0 fully saturated rings. The molecule has 86 valence electrons. The minimum absolute atomic E-state index is 0.735. The van der Waals surface area contributed by atoms with E-state index in [2.05, 4.69) is 17.3 Å². The largest absolute Gasteiger partial charge is 0.347 e. The van der Waals surface area contributed by atoms with Crippen LogP contribution in [0.15, 0.2) is 36.5 Å². The molecule has 1 aliphatic heterocycles. The van der Waals surface area contributed by atoms with Gasteiger partial charge in [-0.15, -0.1) is 0 Å². The quantitative estimate of drug-likeness (QED) is 0.834. The highest BCUT2D eigenvalue weighted by atomic mass is 35.5. The fourth-order valence-electron chi connectivity index (χ4n) is 2.07. The molecule has 2 heterocycles. The van der Waals surface area contributed by atoms with Gasteiger partial charge in [0.2, 0.25) is 0 Å². The van der Waals surface area contributed by atoms with Gasteiger partial charge in [0.15, 0.2) is 0 Å². The lowest BCUT2D eigenvalue weighted by molar-refractivity contribution is 0.702. The molecule has 0 atom stereocenters. The number of fused-ring (bicyclic) bond motifs is 1. The van der Waals surface area contributed by atoms with E-state index < -0.39 is 0 Å². The number of benzene rings is 1. The van der Waals surface area contributed by atoms with E-state index in [9.17, 15) is 0 Å². The molecule has 0 saturated heterocycles. The van der Waals surface area contributed by atoms with Crippen LogP contribution in [0.25, 0.3) is 11.3 Å². The zero-order valence-electron chi connectivity index (χ0n) is 9.44. The van der Waals surface area contributed by atoms with E-state index in [-0.39, 0.29) is 0 Å². The fraction of sp³-hybridized carbons (Fsp3) is 0.154. The van der Waals surface area contributed by atoms with E-state index in [0.29, 0.717) is 0 Å². The lowest BCUT2D eigenvalue weighted by atomic mass is 10.1. The van der Waals surface area contributed by atoms with Crippen molar-refractivity contribution in [2.75, 3.05) is 5.32 Å². The summed E-state index contributed by atoms with van der Waals surface area (Å²) in [4.78, 5) is 0. The molecule has 2 aromatic rings. The summed E-state index contributed by atoms with van der Waals surface area (Å²) in [6.07, 6.45) is 3.98. The lowest BCUT2D eigenvalue weighted by Crippen LogP contribution is -2.08. The molecule has 0 amide bonds. The van der Waals surface area contributed by atoms with Crippen molar-refractivity contribution in [2.24, 2.45) is 0 Å². The van der Waals surface area contributed by atoms with Crippen molar-refractivity contribution in [3.8, 4) is 11.3 Å². The first-order chi connectivity index (χ1) is 8.27. The predicted molar refractivity (Wildman–Crippen MR) is 70.2 cm³/mol. The second kappa shape index (κ2) is 3.93. The molecule has 1 aliphatic rings. The maximum Gasteiger partial charge on any atom is 0.132 e. The summed E-state index contributed by atoms with van der Waals surface area (Å²) in [6.45, 7) is 2.86. The third kappa shape index (κ3) is 1.63. The van der Waals surface area contributed by atoms with Gasteiger partial charge in [-0.05, 0) is 19.1 Å². The van der Waals surface area contributed by atoms with Gasteiger partial charge in [-0.25, -0.2) is 4.68 Å². The Hall–Kier alpha value is -1.74. The van der Waals surface area contributed by atoms with E-state index in [1.807, 2.05) is 41.2 Å². The van der Waals surface area contributed by atoms with Crippen LogP contribution in [0.1, 0.15) is 5.56 Å². The first kappa shape index (κ1) is 10.4. The third-order valence-corrected chi connectivity index (χ3v) is 3.26. The van der Waals surface area contributed by atoms with Gasteiger partial charge in [-0.3, -0.25) is 0 Å². The topological polar surface area (TPSA) is 29.9 Å². The number of aromatic nitrogens is 2. The van der Waals surface area contributed by atoms with E-state index in [4.69, 9.17) is 11.6 Å². The number of nitrogens with zero attached hydrogens (tertiary/aromatic N) is 2. The van der Waals surface area contributed by atoms with Gasteiger partial charge < -0.3 is 5.32 Å². The summed E-state index contributed by atoms with van der Waals surface area (Å²) in [5, 5.41) is 8.55. The van der Waals surface area contributed by atoms with Crippen LogP contribution in [-0.2, 0) is 6.54 Å². The second-order valence-electron chi connectivity index (χ2n) is 4.03. The van der Waals surface area contributed by atoms with Crippen LogP contribution in [0.3, 0.4) is 0 Å². The van der Waals surface area contributed by atoms with Gasteiger partial charge in [0.1, 0.15) is 5.82 Å². The van der Waals surface area contributed by atoms with Crippen molar-refractivity contribution in [3.05, 3.63) is 47.1 Å². The van der Waals surface area contributed by atoms with Crippen LogP contribution in [0.5, 0.6) is 0 Å². The molecule has 0 radical (unpaired) electrons. The number of anilines is 1. The van der Waals surface area contributed by atoms with Gasteiger partial charge >= 0.3 is 0 Å². The predicted octanol–water partition coefficient (Wildman–Crippen LogP) is 3.45. The van der Waals surface area contributed by atoms with Crippen LogP contribution in [-0.4, -0.2) is 9.78 Å². The molecular weight excluding hydrogens is 234 g/mol. The Morgan fingerprint density at radius 2 is 2.18 bits per heavy atom. The SMILES string of the molecule is Cc1c(-c2ccccc2Cl)nn2c1NC=CC2. The molecule has 1 aromatic carbocycles. The average molecular weight is 246 g/mol. The molecule has 0 spiro atoms. The smallest absolute Gasteiger partial charge is 0.132 e. The Bertz CT molecular complexity index is 599. The van der Waals surface area contributed by atoms with Crippen molar-refractivity contribution < 1.29 is 0 Å². The molecule has 4 heteroatoms. The van der Waals surface area contributed by atoms with Gasteiger partial charge in [-0.1, -0.05) is 29.8 Å². The molecule has 0 saturated carbocycles. The molecule has 1 N–H and O–H groups in total. The molecular formula is C13H12ClN3. The van der Waals surface area contributed by atoms with Crippen molar-refractivity contribution in [1.29, 1.82) is 0 Å². The minimum Gasteiger partial charge on any atom is -0.347 e. The molecule has 3 nitrogen and oxygen atoms in total. The summed E-state index contributed by atoms with van der Waals surface area (Å²) in [7, 11) is 0. The standard InChI is InChI=1S/C13H12ClN3/c1-9-12(10-5-2-3-6-11(10)14)16-17-8-4-7-15-13(9)17/h2-7,15H,8H2,1H3. The summed E-state index contributed by atoms with van der Waals surface area (Å²) >= 11 is 6.21. The zero-order valence-corrected chi connectivity index (χ0v) is 10.2. The van der Waals surface area contributed by atoms with Crippen LogP contribution >= 0.6 is 11.6 Å². The molecule has 1 aromatic heterocycles. The Labute approximate surface area is 105 Å². The van der Waals surface area contributed by atoms with Crippen molar-refractivity contribution in [1.82, 2.24) is 9.78 Å². The summed E-state index contributed by atoms with van der Waals surface area (Å²) in [6, 6.07) is 7.79. The van der Waals surface area contributed by atoms with Crippen LogP contribution < -0.4 is 5.32 Å². The average Bonchev–Trinajstić information content (AvgIpc) is 2.68. The van der Waals surface area contributed by atoms with Crippen molar-refractivity contribution in [3.63, 3.8) is 0 Å². The Kier molecular flexibility index (Phi) is 2.41. The molecule has 17 heavy (non-hydrogen) atoms. The highest BCUT2D eigenvalue weighted by molar-refractivity contribution is 6.33. The highest BCUT2D eigenvalue weighted by Gasteiger charge is 2.17. The van der Waals surface area contributed by atoms with E-state index in [0.717, 1.165) is 34.2 Å². The Balaban J connectivity index is 2.17. The van der Waals surface area contributed by atoms with Crippen molar-refractivity contribution >= 4 is 17.4 Å². The normalized spacial score (nSPS) is 13.3. The number of rotatable bonds is 1. The zero-order chi connectivity index (χ0) is 11.8. The number of hydrogen-bond donors (Lipinski definition) is 1.